The van der Waals surface area contributed by atoms with E-state index in [1.807, 2.05) is 31.4 Å². The molecular weight excluding hydrogens is 438 g/mol. The number of anilines is 1. The summed E-state index contributed by atoms with van der Waals surface area (Å²) < 4.78 is 29.8. The fourth-order valence-corrected chi connectivity index (χ4v) is 5.86. The monoisotopic (exact) mass is 457 g/mol. The minimum absolute atomic E-state index is 0.109. The van der Waals surface area contributed by atoms with Crippen molar-refractivity contribution >= 4 is 43.8 Å². The number of nitrogens with zero attached hydrogens (tertiary/aromatic N) is 2. The largest absolute Gasteiger partial charge is 0.278 e. The van der Waals surface area contributed by atoms with Crippen LogP contribution >= 0.6 is 23.1 Å². The summed E-state index contributed by atoms with van der Waals surface area (Å²) in [4.78, 5) is 18.5. The Morgan fingerprint density at radius 1 is 1.10 bits per heavy atom. The van der Waals surface area contributed by atoms with Gasteiger partial charge in [0, 0.05) is 27.8 Å². The summed E-state index contributed by atoms with van der Waals surface area (Å²) in [6.45, 7) is 3.78. The van der Waals surface area contributed by atoms with E-state index < -0.39 is 10.0 Å². The van der Waals surface area contributed by atoms with Crippen molar-refractivity contribution in [1.82, 2.24) is 9.38 Å². The van der Waals surface area contributed by atoms with Crippen LogP contribution in [0.2, 0.25) is 0 Å². The number of benzene rings is 2. The van der Waals surface area contributed by atoms with Crippen molar-refractivity contribution in [3.05, 3.63) is 87.3 Å². The Labute approximate surface area is 182 Å². The van der Waals surface area contributed by atoms with Crippen LogP contribution in [0.1, 0.15) is 17.0 Å². The number of fused-ring (bicyclic) bond motifs is 1. The quantitative estimate of drug-likeness (QED) is 0.432. The highest BCUT2D eigenvalue weighted by Crippen LogP contribution is 2.31. The summed E-state index contributed by atoms with van der Waals surface area (Å²) in [6, 6.07) is 15.4. The molecule has 0 unspecified atom stereocenters. The molecular formula is C21H19N3O3S3. The van der Waals surface area contributed by atoms with Gasteiger partial charge in [-0.25, -0.2) is 13.4 Å². The molecule has 154 valence electrons. The molecule has 0 radical (unpaired) electrons. The first-order valence-electron chi connectivity index (χ1n) is 9.11. The normalized spacial score (nSPS) is 11.7. The summed E-state index contributed by atoms with van der Waals surface area (Å²) in [5.41, 5.74) is 2.90. The number of para-hydroxylation sites is 1. The van der Waals surface area contributed by atoms with Crippen LogP contribution in [-0.4, -0.2) is 17.8 Å². The van der Waals surface area contributed by atoms with Gasteiger partial charge in [0.05, 0.1) is 16.3 Å². The lowest BCUT2D eigenvalue weighted by atomic mass is 10.2. The molecule has 4 rings (SSSR count). The van der Waals surface area contributed by atoms with Crippen LogP contribution in [0.3, 0.4) is 0 Å². The average molecular weight is 458 g/mol. The average Bonchev–Trinajstić information content (AvgIpc) is 3.08. The van der Waals surface area contributed by atoms with Crippen LogP contribution in [0.15, 0.2) is 74.6 Å². The van der Waals surface area contributed by atoms with Crippen LogP contribution in [0, 0.1) is 13.8 Å². The molecule has 9 heteroatoms. The van der Waals surface area contributed by atoms with Crippen LogP contribution < -0.4 is 10.3 Å². The van der Waals surface area contributed by atoms with E-state index in [0.29, 0.717) is 22.1 Å². The molecule has 0 atom stereocenters. The van der Waals surface area contributed by atoms with E-state index in [9.17, 15) is 13.2 Å². The van der Waals surface area contributed by atoms with Crippen LogP contribution in [0.4, 0.5) is 5.69 Å². The highest BCUT2D eigenvalue weighted by Gasteiger charge is 2.16. The lowest BCUT2D eigenvalue weighted by molar-refractivity contribution is 0.601. The lowest BCUT2D eigenvalue weighted by Gasteiger charge is -2.12. The molecule has 2 aromatic heterocycles. The maximum atomic E-state index is 12.8. The third kappa shape index (κ3) is 4.28. The SMILES string of the molecule is Cc1ccc(S(=O)(=O)Nc2ccccc2SCc2cc(=O)n3c(C)csc3n2)cc1. The van der Waals surface area contributed by atoms with Gasteiger partial charge in [0.25, 0.3) is 15.6 Å². The molecule has 0 aliphatic rings. The van der Waals surface area contributed by atoms with Gasteiger partial charge >= 0.3 is 0 Å². The van der Waals surface area contributed by atoms with Crippen LogP contribution in [-0.2, 0) is 15.8 Å². The Morgan fingerprint density at radius 2 is 1.83 bits per heavy atom. The maximum absolute atomic E-state index is 12.8. The predicted octanol–water partition coefficient (Wildman–Crippen LogP) is 4.47. The van der Waals surface area contributed by atoms with Crippen molar-refractivity contribution < 1.29 is 8.42 Å². The van der Waals surface area contributed by atoms with Crippen LogP contribution in [0.5, 0.6) is 0 Å². The van der Waals surface area contributed by atoms with Crippen molar-refractivity contribution in [3.8, 4) is 0 Å². The number of rotatable bonds is 6. The number of aromatic nitrogens is 2. The molecule has 2 aromatic carbocycles. The Kier molecular flexibility index (Phi) is 5.68. The second-order valence-electron chi connectivity index (χ2n) is 6.78. The van der Waals surface area contributed by atoms with Gasteiger partial charge in [0.15, 0.2) is 4.96 Å². The number of sulfonamides is 1. The second-order valence-corrected chi connectivity index (χ2v) is 10.3. The van der Waals surface area contributed by atoms with Gasteiger partial charge in [-0.15, -0.1) is 23.1 Å². The molecule has 0 spiro atoms. The standard InChI is InChI=1S/C21H19N3O3S3/c1-14-7-9-17(10-8-14)30(26,27)23-18-5-3-4-6-19(18)28-13-16-11-20(25)24-15(2)12-29-21(24)22-16/h3-12,23H,13H2,1-2H3. The Morgan fingerprint density at radius 3 is 2.60 bits per heavy atom. The summed E-state index contributed by atoms with van der Waals surface area (Å²) >= 11 is 2.85. The molecule has 30 heavy (non-hydrogen) atoms. The Balaban J connectivity index is 1.57. The molecule has 2 heterocycles. The van der Waals surface area contributed by atoms with Crippen molar-refractivity contribution in [3.63, 3.8) is 0 Å². The van der Waals surface area contributed by atoms with Gasteiger partial charge in [-0.3, -0.25) is 13.9 Å². The third-order valence-corrected chi connectivity index (χ3v) is 7.90. The van der Waals surface area contributed by atoms with Gasteiger partial charge in [-0.05, 0) is 38.1 Å². The number of hydrogen-bond donors (Lipinski definition) is 1. The highest BCUT2D eigenvalue weighted by molar-refractivity contribution is 7.98. The zero-order chi connectivity index (χ0) is 21.3. The van der Waals surface area contributed by atoms with Crippen LogP contribution in [0.25, 0.3) is 4.96 Å². The fraction of sp³-hybridized carbons (Fsp3) is 0.143. The molecule has 4 aromatic rings. The molecule has 0 amide bonds. The minimum Gasteiger partial charge on any atom is -0.278 e. The van der Waals surface area contributed by atoms with E-state index in [2.05, 4.69) is 9.71 Å². The van der Waals surface area contributed by atoms with E-state index in [-0.39, 0.29) is 10.5 Å². The number of thiazole rings is 1. The number of thioether (sulfide) groups is 1. The van der Waals surface area contributed by atoms with Crippen molar-refractivity contribution in [2.24, 2.45) is 0 Å². The highest BCUT2D eigenvalue weighted by atomic mass is 32.2. The van der Waals surface area contributed by atoms with Gasteiger partial charge in [-0.2, -0.15) is 0 Å². The Hall–Kier alpha value is -2.62. The molecule has 1 N–H and O–H groups in total. The van der Waals surface area contributed by atoms with Crippen molar-refractivity contribution in [2.75, 3.05) is 4.72 Å². The first-order chi connectivity index (χ1) is 14.3. The van der Waals surface area contributed by atoms with Gasteiger partial charge in [0.2, 0.25) is 0 Å². The first-order valence-corrected chi connectivity index (χ1v) is 12.5. The molecule has 0 fully saturated rings. The second kappa shape index (κ2) is 8.25. The minimum atomic E-state index is -3.70. The van der Waals surface area contributed by atoms with E-state index in [1.165, 1.54) is 29.2 Å². The summed E-state index contributed by atoms with van der Waals surface area (Å²) in [5, 5.41) is 1.90. The van der Waals surface area contributed by atoms with E-state index in [4.69, 9.17) is 0 Å². The summed E-state index contributed by atoms with van der Waals surface area (Å²) in [6.07, 6.45) is 0. The molecule has 0 aliphatic carbocycles. The van der Waals surface area contributed by atoms with Gasteiger partial charge in [0.1, 0.15) is 0 Å². The van der Waals surface area contributed by atoms with Gasteiger partial charge in [-0.1, -0.05) is 29.8 Å². The molecule has 0 saturated heterocycles. The number of hydrogen-bond acceptors (Lipinski definition) is 6. The predicted molar refractivity (Wildman–Crippen MR) is 122 cm³/mol. The first kappa shape index (κ1) is 20.6. The molecule has 0 aliphatic heterocycles. The zero-order valence-electron chi connectivity index (χ0n) is 16.3. The zero-order valence-corrected chi connectivity index (χ0v) is 18.8. The van der Waals surface area contributed by atoms with E-state index >= 15 is 0 Å². The molecule has 0 bridgehead atoms. The smallest absolute Gasteiger partial charge is 0.261 e. The topological polar surface area (TPSA) is 80.5 Å². The maximum Gasteiger partial charge on any atom is 0.261 e. The fourth-order valence-electron chi connectivity index (χ4n) is 2.92. The van der Waals surface area contributed by atoms with Crippen molar-refractivity contribution in [1.29, 1.82) is 0 Å². The summed E-state index contributed by atoms with van der Waals surface area (Å²) in [7, 11) is -3.70. The lowest BCUT2D eigenvalue weighted by Crippen LogP contribution is -2.15. The molecule has 0 saturated carbocycles. The number of aryl methyl sites for hydroxylation is 2. The Bertz CT molecular complexity index is 1370. The van der Waals surface area contributed by atoms with Gasteiger partial charge < -0.3 is 0 Å². The van der Waals surface area contributed by atoms with E-state index in [0.717, 1.165) is 16.2 Å². The summed E-state index contributed by atoms with van der Waals surface area (Å²) in [5.74, 6) is 0.450. The number of nitrogens with one attached hydrogen (secondary N) is 1. The molecule has 6 nitrogen and oxygen atoms in total. The van der Waals surface area contributed by atoms with Crippen molar-refractivity contribution in [2.45, 2.75) is 29.4 Å². The van der Waals surface area contributed by atoms with E-state index in [1.54, 1.807) is 40.8 Å². The third-order valence-electron chi connectivity index (χ3n) is 4.47.